The van der Waals surface area contributed by atoms with Crippen LogP contribution in [-0.2, 0) is 9.59 Å². The molecule has 1 aliphatic carbocycles. The van der Waals surface area contributed by atoms with E-state index in [1.54, 1.807) is 0 Å². The number of tetrazole rings is 1. The second-order valence-electron chi connectivity index (χ2n) is 7.84. The van der Waals surface area contributed by atoms with Crippen molar-refractivity contribution in [2.75, 3.05) is 24.5 Å². The number of fused-ring (bicyclic) bond motifs is 1. The SMILES string of the molecule is O=C(NCC1(C(=O)O)CCCCC1)C1CCN(c2ccc3nnnn3n2)CC1. The van der Waals surface area contributed by atoms with Crippen molar-refractivity contribution in [1.82, 2.24) is 30.6 Å². The van der Waals surface area contributed by atoms with Crippen molar-refractivity contribution in [2.45, 2.75) is 44.9 Å². The number of carboxylic acids is 1. The minimum atomic E-state index is -0.792. The van der Waals surface area contributed by atoms with Crippen LogP contribution in [0, 0.1) is 11.3 Å². The highest BCUT2D eigenvalue weighted by Gasteiger charge is 2.40. The molecule has 1 saturated heterocycles. The zero-order valence-corrected chi connectivity index (χ0v) is 15.8. The van der Waals surface area contributed by atoms with Crippen molar-refractivity contribution < 1.29 is 14.7 Å². The monoisotopic (exact) mass is 387 g/mol. The summed E-state index contributed by atoms with van der Waals surface area (Å²) in [5, 5.41) is 28.2. The second-order valence-corrected chi connectivity index (χ2v) is 7.84. The Bertz CT molecular complexity index is 854. The van der Waals surface area contributed by atoms with Gasteiger partial charge in [-0.05, 0) is 48.2 Å². The number of amides is 1. The van der Waals surface area contributed by atoms with Gasteiger partial charge in [0.15, 0.2) is 11.5 Å². The molecular formula is C18H25N7O3. The minimum Gasteiger partial charge on any atom is -0.481 e. The van der Waals surface area contributed by atoms with E-state index in [9.17, 15) is 14.7 Å². The van der Waals surface area contributed by atoms with Crippen molar-refractivity contribution >= 4 is 23.3 Å². The third-order valence-corrected chi connectivity index (χ3v) is 6.11. The smallest absolute Gasteiger partial charge is 0.311 e. The molecule has 2 aromatic rings. The van der Waals surface area contributed by atoms with Crippen LogP contribution in [0.3, 0.4) is 0 Å². The van der Waals surface area contributed by atoms with Crippen molar-refractivity contribution in [3.63, 3.8) is 0 Å². The molecule has 2 aromatic heterocycles. The van der Waals surface area contributed by atoms with E-state index >= 15 is 0 Å². The van der Waals surface area contributed by atoms with Crippen molar-refractivity contribution in [1.29, 1.82) is 0 Å². The summed E-state index contributed by atoms with van der Waals surface area (Å²) in [7, 11) is 0. The van der Waals surface area contributed by atoms with E-state index in [0.29, 0.717) is 44.4 Å². The summed E-state index contributed by atoms with van der Waals surface area (Å²) in [4.78, 5) is 26.5. The normalized spacial score (nSPS) is 20.2. The molecule has 150 valence electrons. The van der Waals surface area contributed by atoms with Gasteiger partial charge < -0.3 is 15.3 Å². The van der Waals surface area contributed by atoms with E-state index in [0.717, 1.165) is 25.1 Å². The molecule has 28 heavy (non-hydrogen) atoms. The lowest BCUT2D eigenvalue weighted by molar-refractivity contribution is -0.151. The lowest BCUT2D eigenvalue weighted by Crippen LogP contribution is -2.47. The summed E-state index contributed by atoms with van der Waals surface area (Å²) in [5.41, 5.74) is -0.201. The van der Waals surface area contributed by atoms with E-state index < -0.39 is 11.4 Å². The number of nitrogens with one attached hydrogen (secondary N) is 1. The first-order valence-corrected chi connectivity index (χ1v) is 9.89. The summed E-state index contributed by atoms with van der Waals surface area (Å²) in [6.45, 7) is 1.66. The van der Waals surface area contributed by atoms with Gasteiger partial charge in [0.1, 0.15) is 0 Å². The van der Waals surface area contributed by atoms with Crippen LogP contribution >= 0.6 is 0 Å². The number of carboxylic acid groups (broad SMARTS) is 1. The lowest BCUT2D eigenvalue weighted by atomic mass is 9.74. The molecule has 3 heterocycles. The summed E-state index contributed by atoms with van der Waals surface area (Å²) < 4.78 is 1.39. The number of hydrogen-bond acceptors (Lipinski definition) is 7. The van der Waals surface area contributed by atoms with Gasteiger partial charge in [0.05, 0.1) is 5.41 Å². The highest BCUT2D eigenvalue weighted by molar-refractivity contribution is 5.81. The molecule has 1 saturated carbocycles. The number of aromatic nitrogens is 5. The van der Waals surface area contributed by atoms with E-state index in [1.807, 2.05) is 12.1 Å². The Labute approximate surface area is 162 Å². The maximum Gasteiger partial charge on any atom is 0.311 e. The predicted molar refractivity (Wildman–Crippen MR) is 99.7 cm³/mol. The summed E-state index contributed by atoms with van der Waals surface area (Å²) in [5.74, 6) is -0.130. The molecule has 4 rings (SSSR count). The fraction of sp³-hybridized carbons (Fsp3) is 0.667. The number of carbonyl (C=O) groups is 2. The minimum absolute atomic E-state index is 0.0327. The molecular weight excluding hydrogens is 362 g/mol. The average molecular weight is 387 g/mol. The van der Waals surface area contributed by atoms with Gasteiger partial charge >= 0.3 is 5.97 Å². The number of piperidine rings is 1. The lowest BCUT2D eigenvalue weighted by Gasteiger charge is -2.35. The molecule has 0 unspecified atom stereocenters. The van der Waals surface area contributed by atoms with Crippen LogP contribution in [0.4, 0.5) is 5.82 Å². The van der Waals surface area contributed by atoms with Gasteiger partial charge in [-0.2, -0.15) is 0 Å². The Morgan fingerprint density at radius 1 is 1.18 bits per heavy atom. The Morgan fingerprint density at radius 3 is 2.64 bits per heavy atom. The molecule has 10 heteroatoms. The Morgan fingerprint density at radius 2 is 1.93 bits per heavy atom. The van der Waals surface area contributed by atoms with Gasteiger partial charge in [-0.15, -0.1) is 14.8 Å². The van der Waals surface area contributed by atoms with Crippen molar-refractivity contribution in [2.24, 2.45) is 11.3 Å². The van der Waals surface area contributed by atoms with Gasteiger partial charge in [0.25, 0.3) is 0 Å². The van der Waals surface area contributed by atoms with Gasteiger partial charge in [-0.1, -0.05) is 19.3 Å². The van der Waals surface area contributed by atoms with E-state index in [-0.39, 0.29) is 18.4 Å². The molecule has 0 bridgehead atoms. The van der Waals surface area contributed by atoms with E-state index in [1.165, 1.54) is 4.63 Å². The van der Waals surface area contributed by atoms with Crippen LogP contribution in [-0.4, -0.2) is 61.9 Å². The van der Waals surface area contributed by atoms with Gasteiger partial charge in [0, 0.05) is 25.6 Å². The first-order valence-electron chi connectivity index (χ1n) is 9.89. The van der Waals surface area contributed by atoms with Gasteiger partial charge in [0.2, 0.25) is 5.91 Å². The standard InChI is InChI=1S/C18H25N7O3/c26-16(19-12-18(17(27)28)8-2-1-3-9-18)13-6-10-24(11-7-13)15-5-4-14-20-22-23-25(14)21-15/h4-5,13H,1-3,6-12H2,(H,19,26)(H,27,28). The fourth-order valence-corrected chi connectivity index (χ4v) is 4.28. The highest BCUT2D eigenvalue weighted by Crippen LogP contribution is 2.36. The van der Waals surface area contributed by atoms with Crippen LogP contribution in [0.5, 0.6) is 0 Å². The number of aliphatic carboxylic acids is 1. The molecule has 0 atom stereocenters. The van der Waals surface area contributed by atoms with Crippen molar-refractivity contribution in [3.05, 3.63) is 12.1 Å². The molecule has 2 aliphatic rings. The second kappa shape index (κ2) is 7.69. The van der Waals surface area contributed by atoms with Crippen LogP contribution in [0.1, 0.15) is 44.9 Å². The molecule has 1 amide bonds. The number of hydrogen-bond donors (Lipinski definition) is 2. The zero-order valence-electron chi connectivity index (χ0n) is 15.8. The molecule has 0 aromatic carbocycles. The third-order valence-electron chi connectivity index (χ3n) is 6.11. The maximum absolute atomic E-state index is 12.6. The predicted octanol–water partition coefficient (Wildman–Crippen LogP) is 0.887. The fourth-order valence-electron chi connectivity index (χ4n) is 4.28. The Hall–Kier alpha value is -2.78. The summed E-state index contributed by atoms with van der Waals surface area (Å²) in [6.07, 6.45) is 5.62. The summed E-state index contributed by atoms with van der Waals surface area (Å²) in [6, 6.07) is 3.70. The largest absolute Gasteiger partial charge is 0.481 e. The van der Waals surface area contributed by atoms with E-state index in [2.05, 4.69) is 30.8 Å². The van der Waals surface area contributed by atoms with Crippen LogP contribution in [0.2, 0.25) is 0 Å². The number of nitrogens with zero attached hydrogens (tertiary/aromatic N) is 6. The third kappa shape index (κ3) is 3.63. The molecule has 2 fully saturated rings. The summed E-state index contributed by atoms with van der Waals surface area (Å²) >= 11 is 0. The molecule has 0 radical (unpaired) electrons. The van der Waals surface area contributed by atoms with Crippen LogP contribution < -0.4 is 10.2 Å². The number of anilines is 1. The zero-order chi connectivity index (χ0) is 19.6. The molecule has 10 nitrogen and oxygen atoms in total. The first kappa shape index (κ1) is 18.6. The molecule has 2 N–H and O–H groups in total. The average Bonchev–Trinajstić information content (AvgIpc) is 3.20. The Balaban J connectivity index is 1.31. The molecule has 0 spiro atoms. The van der Waals surface area contributed by atoms with Crippen molar-refractivity contribution in [3.8, 4) is 0 Å². The Kier molecular flexibility index (Phi) is 5.10. The van der Waals surface area contributed by atoms with Gasteiger partial charge in [-0.25, -0.2) is 0 Å². The topological polar surface area (TPSA) is 126 Å². The number of carbonyl (C=O) groups excluding carboxylic acids is 1. The van der Waals surface area contributed by atoms with Gasteiger partial charge in [-0.3, -0.25) is 9.59 Å². The first-order chi connectivity index (χ1) is 13.6. The maximum atomic E-state index is 12.6. The van der Waals surface area contributed by atoms with E-state index in [4.69, 9.17) is 0 Å². The van der Waals surface area contributed by atoms with Crippen LogP contribution in [0.25, 0.3) is 5.65 Å². The molecule has 1 aliphatic heterocycles. The quantitative estimate of drug-likeness (QED) is 0.775. The van der Waals surface area contributed by atoms with Crippen LogP contribution in [0.15, 0.2) is 12.1 Å². The number of rotatable bonds is 5. The highest BCUT2D eigenvalue weighted by atomic mass is 16.4.